The Hall–Kier alpha value is -2.01. The summed E-state index contributed by atoms with van der Waals surface area (Å²) in [7, 11) is 2.17. The molecule has 0 bridgehead atoms. The molecular weight excluding hydrogens is 348 g/mol. The zero-order valence-corrected chi connectivity index (χ0v) is 17.0. The van der Waals surface area contributed by atoms with E-state index >= 15 is 0 Å². The molecule has 2 aromatic heterocycles. The number of aromatic nitrogens is 2. The van der Waals surface area contributed by atoms with Crippen molar-refractivity contribution in [3.63, 3.8) is 0 Å². The van der Waals surface area contributed by atoms with Crippen LogP contribution in [0.2, 0.25) is 0 Å². The second kappa shape index (κ2) is 8.99. The fourth-order valence-electron chi connectivity index (χ4n) is 4.94. The number of nitrogens with zero attached hydrogens (tertiary/aromatic N) is 4. The average molecular weight is 381 g/mol. The Kier molecular flexibility index (Phi) is 6.20. The maximum absolute atomic E-state index is 12.9. The van der Waals surface area contributed by atoms with Gasteiger partial charge in [-0.3, -0.25) is 14.8 Å². The van der Waals surface area contributed by atoms with Gasteiger partial charge in [0.2, 0.25) is 5.91 Å². The second-order valence-corrected chi connectivity index (χ2v) is 8.70. The highest BCUT2D eigenvalue weighted by atomic mass is 16.2. The maximum atomic E-state index is 12.9. The third kappa shape index (κ3) is 4.69. The van der Waals surface area contributed by atoms with Crippen molar-refractivity contribution in [2.24, 2.45) is 11.8 Å². The molecule has 5 heteroatoms. The van der Waals surface area contributed by atoms with Gasteiger partial charge in [-0.2, -0.15) is 0 Å². The largest absolute Gasteiger partial charge is 0.341 e. The van der Waals surface area contributed by atoms with E-state index in [1.807, 2.05) is 24.5 Å². The smallest absolute Gasteiger partial charge is 0.222 e. The Bertz CT molecular complexity index is 797. The highest BCUT2D eigenvalue weighted by molar-refractivity contribution is 5.77. The Morgan fingerprint density at radius 3 is 2.79 bits per heavy atom. The number of pyridine rings is 2. The fraction of sp³-hybridized carbons (Fsp3) is 0.609. The molecule has 1 saturated carbocycles. The SMILES string of the molecule is CN1CCN(C(=O)CCC2CCCC2)C[C@H](Cc2ccnc3cccnc23)C1. The molecule has 1 amide bonds. The number of hydrogen-bond donors (Lipinski definition) is 0. The van der Waals surface area contributed by atoms with E-state index in [4.69, 9.17) is 0 Å². The molecule has 2 fully saturated rings. The highest BCUT2D eigenvalue weighted by Crippen LogP contribution is 2.29. The van der Waals surface area contributed by atoms with E-state index in [1.165, 1.54) is 31.2 Å². The molecule has 2 aromatic rings. The van der Waals surface area contributed by atoms with Crippen LogP contribution in [-0.4, -0.2) is 58.9 Å². The molecule has 0 radical (unpaired) electrons. The molecule has 4 rings (SSSR count). The lowest BCUT2D eigenvalue weighted by Crippen LogP contribution is -2.36. The number of fused-ring (bicyclic) bond motifs is 1. The number of amides is 1. The van der Waals surface area contributed by atoms with Gasteiger partial charge in [0, 0.05) is 45.0 Å². The zero-order chi connectivity index (χ0) is 19.3. The summed E-state index contributed by atoms with van der Waals surface area (Å²) in [6.45, 7) is 3.68. The zero-order valence-electron chi connectivity index (χ0n) is 17.0. The molecule has 1 saturated heterocycles. The number of carbonyl (C=O) groups excluding carboxylic acids is 1. The van der Waals surface area contributed by atoms with Gasteiger partial charge in [-0.05, 0) is 55.5 Å². The van der Waals surface area contributed by atoms with Crippen LogP contribution in [0.1, 0.15) is 44.1 Å². The predicted molar refractivity (Wildman–Crippen MR) is 112 cm³/mol. The van der Waals surface area contributed by atoms with Crippen molar-refractivity contribution >= 4 is 16.9 Å². The third-order valence-corrected chi connectivity index (χ3v) is 6.48. The summed E-state index contributed by atoms with van der Waals surface area (Å²) >= 11 is 0. The quantitative estimate of drug-likeness (QED) is 0.796. The number of hydrogen-bond acceptors (Lipinski definition) is 4. The summed E-state index contributed by atoms with van der Waals surface area (Å²) in [6.07, 6.45) is 11.8. The first kappa shape index (κ1) is 19.3. The maximum Gasteiger partial charge on any atom is 0.222 e. The van der Waals surface area contributed by atoms with Crippen LogP contribution in [0.5, 0.6) is 0 Å². The lowest BCUT2D eigenvalue weighted by atomic mass is 9.97. The summed E-state index contributed by atoms with van der Waals surface area (Å²) < 4.78 is 0. The molecule has 0 N–H and O–H groups in total. The molecule has 5 nitrogen and oxygen atoms in total. The Morgan fingerprint density at radius 1 is 1.07 bits per heavy atom. The van der Waals surface area contributed by atoms with E-state index < -0.39 is 0 Å². The molecule has 2 aliphatic rings. The minimum atomic E-state index is 0.352. The van der Waals surface area contributed by atoms with Crippen molar-refractivity contribution in [2.75, 3.05) is 33.2 Å². The molecule has 0 unspecified atom stereocenters. The summed E-state index contributed by atoms with van der Waals surface area (Å²) in [4.78, 5) is 26.4. The predicted octanol–water partition coefficient (Wildman–Crippen LogP) is 3.53. The number of rotatable bonds is 5. The summed E-state index contributed by atoms with van der Waals surface area (Å²) in [6, 6.07) is 6.04. The van der Waals surface area contributed by atoms with Crippen molar-refractivity contribution in [2.45, 2.75) is 44.9 Å². The monoisotopic (exact) mass is 380 g/mol. The minimum absolute atomic E-state index is 0.352. The summed E-state index contributed by atoms with van der Waals surface area (Å²) in [5, 5.41) is 0. The van der Waals surface area contributed by atoms with E-state index in [2.05, 4.69) is 32.9 Å². The summed E-state index contributed by atoms with van der Waals surface area (Å²) in [5.74, 6) is 1.56. The average Bonchev–Trinajstić information content (AvgIpc) is 3.16. The normalized spacial score (nSPS) is 21.9. The topological polar surface area (TPSA) is 49.3 Å². The van der Waals surface area contributed by atoms with Crippen LogP contribution in [0.15, 0.2) is 30.6 Å². The van der Waals surface area contributed by atoms with E-state index in [9.17, 15) is 4.79 Å². The molecule has 1 aliphatic heterocycles. The van der Waals surface area contributed by atoms with Gasteiger partial charge in [-0.25, -0.2) is 0 Å². The second-order valence-electron chi connectivity index (χ2n) is 8.70. The van der Waals surface area contributed by atoms with Gasteiger partial charge >= 0.3 is 0 Å². The van der Waals surface area contributed by atoms with Gasteiger partial charge < -0.3 is 9.80 Å². The van der Waals surface area contributed by atoms with Crippen LogP contribution in [0, 0.1) is 11.8 Å². The Balaban J connectivity index is 1.43. The molecule has 0 spiro atoms. The van der Waals surface area contributed by atoms with Crippen molar-refractivity contribution in [3.05, 3.63) is 36.2 Å². The van der Waals surface area contributed by atoms with Crippen LogP contribution in [0.25, 0.3) is 11.0 Å². The minimum Gasteiger partial charge on any atom is -0.341 e. The standard InChI is InChI=1S/C23H32N4O/c1-26-13-14-27(22(28)9-8-18-5-2-3-6-18)17-19(16-26)15-20-10-12-24-21-7-4-11-25-23(20)21/h4,7,10-12,18-19H,2-3,5-6,8-9,13-17H2,1H3/t19-/m1/s1. The molecule has 0 aromatic carbocycles. The van der Waals surface area contributed by atoms with E-state index in [0.717, 1.165) is 62.4 Å². The first-order valence-corrected chi connectivity index (χ1v) is 10.8. The van der Waals surface area contributed by atoms with Gasteiger partial charge in [0.1, 0.15) is 0 Å². The van der Waals surface area contributed by atoms with E-state index in [-0.39, 0.29) is 0 Å². The van der Waals surface area contributed by atoms with Crippen molar-refractivity contribution in [1.29, 1.82) is 0 Å². The van der Waals surface area contributed by atoms with E-state index in [1.54, 1.807) is 0 Å². The highest BCUT2D eigenvalue weighted by Gasteiger charge is 2.26. The first-order chi connectivity index (χ1) is 13.7. The van der Waals surface area contributed by atoms with Crippen molar-refractivity contribution in [1.82, 2.24) is 19.8 Å². The molecule has 3 heterocycles. The van der Waals surface area contributed by atoms with Gasteiger partial charge in [0.05, 0.1) is 11.0 Å². The van der Waals surface area contributed by atoms with Gasteiger partial charge in [-0.1, -0.05) is 25.7 Å². The van der Waals surface area contributed by atoms with Crippen LogP contribution >= 0.6 is 0 Å². The molecule has 1 atom stereocenters. The molecule has 28 heavy (non-hydrogen) atoms. The van der Waals surface area contributed by atoms with Gasteiger partial charge in [-0.15, -0.1) is 0 Å². The van der Waals surface area contributed by atoms with Crippen LogP contribution in [-0.2, 0) is 11.2 Å². The third-order valence-electron chi connectivity index (χ3n) is 6.48. The van der Waals surface area contributed by atoms with Crippen LogP contribution in [0.3, 0.4) is 0 Å². The molecule has 150 valence electrons. The lowest BCUT2D eigenvalue weighted by molar-refractivity contribution is -0.131. The first-order valence-electron chi connectivity index (χ1n) is 10.8. The number of likely N-dealkylation sites (N-methyl/N-ethyl adjacent to an activating group) is 1. The number of carbonyl (C=O) groups is 1. The van der Waals surface area contributed by atoms with Crippen molar-refractivity contribution < 1.29 is 4.79 Å². The fourth-order valence-corrected chi connectivity index (χ4v) is 4.94. The summed E-state index contributed by atoms with van der Waals surface area (Å²) in [5.41, 5.74) is 3.19. The lowest BCUT2D eigenvalue weighted by Gasteiger charge is -2.25. The Morgan fingerprint density at radius 2 is 1.93 bits per heavy atom. The van der Waals surface area contributed by atoms with Gasteiger partial charge in [0.15, 0.2) is 0 Å². The molecular formula is C23H32N4O. The van der Waals surface area contributed by atoms with Crippen LogP contribution < -0.4 is 0 Å². The van der Waals surface area contributed by atoms with Gasteiger partial charge in [0.25, 0.3) is 0 Å². The molecule has 1 aliphatic carbocycles. The van der Waals surface area contributed by atoms with Crippen LogP contribution in [0.4, 0.5) is 0 Å². The van der Waals surface area contributed by atoms with E-state index in [0.29, 0.717) is 11.8 Å². The van der Waals surface area contributed by atoms with Crippen molar-refractivity contribution in [3.8, 4) is 0 Å². The Labute approximate surface area is 168 Å².